The SMILES string of the molecule is COC1=NC(C)(c2cccc(-c3cc(Cl)cc(Cl)c3)c2)COC1. The number of rotatable bonds is 2. The first-order valence-electron chi connectivity index (χ1n) is 7.28. The fourth-order valence-corrected chi connectivity index (χ4v) is 3.21. The summed E-state index contributed by atoms with van der Waals surface area (Å²) < 4.78 is 10.9. The van der Waals surface area contributed by atoms with Crippen molar-refractivity contribution in [2.24, 2.45) is 4.99 Å². The van der Waals surface area contributed by atoms with Gasteiger partial charge in [-0.25, -0.2) is 4.99 Å². The van der Waals surface area contributed by atoms with Crippen LogP contribution < -0.4 is 0 Å². The van der Waals surface area contributed by atoms with Gasteiger partial charge in [-0.3, -0.25) is 0 Å². The molecule has 1 atom stereocenters. The maximum Gasteiger partial charge on any atom is 0.210 e. The molecular weight excluding hydrogens is 333 g/mol. The molecule has 0 radical (unpaired) electrons. The Morgan fingerprint density at radius 1 is 1.09 bits per heavy atom. The molecule has 1 aliphatic heterocycles. The molecule has 1 aliphatic rings. The van der Waals surface area contributed by atoms with Gasteiger partial charge < -0.3 is 9.47 Å². The van der Waals surface area contributed by atoms with E-state index in [0.29, 0.717) is 29.2 Å². The van der Waals surface area contributed by atoms with Gasteiger partial charge in [-0.1, -0.05) is 41.4 Å². The Labute approximate surface area is 145 Å². The van der Waals surface area contributed by atoms with E-state index in [1.165, 1.54) is 0 Å². The molecule has 0 spiro atoms. The third-order valence-electron chi connectivity index (χ3n) is 3.90. The second-order valence-electron chi connectivity index (χ2n) is 5.72. The molecule has 120 valence electrons. The van der Waals surface area contributed by atoms with E-state index in [2.05, 4.69) is 11.1 Å². The molecule has 0 saturated carbocycles. The number of benzene rings is 2. The molecule has 0 bridgehead atoms. The van der Waals surface area contributed by atoms with Crippen LogP contribution in [0.2, 0.25) is 10.0 Å². The Kier molecular flexibility index (Phi) is 4.62. The highest BCUT2D eigenvalue weighted by Gasteiger charge is 2.31. The van der Waals surface area contributed by atoms with Crippen LogP contribution in [-0.4, -0.2) is 26.2 Å². The molecule has 0 aromatic heterocycles. The van der Waals surface area contributed by atoms with Gasteiger partial charge >= 0.3 is 0 Å². The zero-order valence-corrected chi connectivity index (χ0v) is 14.5. The predicted molar refractivity (Wildman–Crippen MR) is 94.5 cm³/mol. The van der Waals surface area contributed by atoms with Gasteiger partial charge in [0.05, 0.1) is 13.7 Å². The number of methoxy groups -OCH3 is 1. The lowest BCUT2D eigenvalue weighted by molar-refractivity contribution is 0.0899. The normalized spacial score (nSPS) is 21.0. The summed E-state index contributed by atoms with van der Waals surface area (Å²) in [5.74, 6) is 0.606. The van der Waals surface area contributed by atoms with E-state index in [1.807, 2.05) is 37.3 Å². The Hall–Kier alpha value is -1.55. The van der Waals surface area contributed by atoms with Crippen LogP contribution in [0.5, 0.6) is 0 Å². The van der Waals surface area contributed by atoms with Gasteiger partial charge in [0.2, 0.25) is 5.90 Å². The summed E-state index contributed by atoms with van der Waals surface area (Å²) >= 11 is 12.2. The second-order valence-corrected chi connectivity index (χ2v) is 6.59. The lowest BCUT2D eigenvalue weighted by Crippen LogP contribution is -2.34. The molecule has 0 saturated heterocycles. The average Bonchev–Trinajstić information content (AvgIpc) is 2.54. The summed E-state index contributed by atoms with van der Waals surface area (Å²) in [6, 6.07) is 13.7. The van der Waals surface area contributed by atoms with Crippen molar-refractivity contribution in [3.05, 3.63) is 58.1 Å². The van der Waals surface area contributed by atoms with E-state index < -0.39 is 5.54 Å². The first kappa shape index (κ1) is 16.3. The average molecular weight is 350 g/mol. The highest BCUT2D eigenvalue weighted by Crippen LogP contribution is 2.33. The summed E-state index contributed by atoms with van der Waals surface area (Å²) in [5.41, 5.74) is 2.59. The molecule has 3 nitrogen and oxygen atoms in total. The fraction of sp³-hybridized carbons (Fsp3) is 0.278. The van der Waals surface area contributed by atoms with E-state index >= 15 is 0 Å². The zero-order valence-electron chi connectivity index (χ0n) is 13.0. The van der Waals surface area contributed by atoms with Crippen molar-refractivity contribution in [2.75, 3.05) is 20.3 Å². The number of nitrogens with zero attached hydrogens (tertiary/aromatic N) is 1. The molecule has 3 rings (SSSR count). The van der Waals surface area contributed by atoms with Crippen molar-refractivity contribution in [3.8, 4) is 11.1 Å². The van der Waals surface area contributed by atoms with Crippen molar-refractivity contribution < 1.29 is 9.47 Å². The monoisotopic (exact) mass is 349 g/mol. The van der Waals surface area contributed by atoms with Crippen molar-refractivity contribution in [1.29, 1.82) is 0 Å². The van der Waals surface area contributed by atoms with Gasteiger partial charge in [0.1, 0.15) is 12.1 Å². The van der Waals surface area contributed by atoms with Crippen LogP contribution in [0, 0.1) is 0 Å². The minimum atomic E-state index is -0.470. The molecule has 23 heavy (non-hydrogen) atoms. The van der Waals surface area contributed by atoms with Gasteiger partial charge in [-0.05, 0) is 47.9 Å². The topological polar surface area (TPSA) is 30.8 Å². The Balaban J connectivity index is 2.03. The number of halogens is 2. The van der Waals surface area contributed by atoms with Crippen LogP contribution in [0.4, 0.5) is 0 Å². The second kappa shape index (κ2) is 6.52. The Morgan fingerprint density at radius 2 is 1.83 bits per heavy atom. The van der Waals surface area contributed by atoms with Crippen molar-refractivity contribution in [3.63, 3.8) is 0 Å². The molecule has 1 heterocycles. The van der Waals surface area contributed by atoms with Gasteiger partial charge in [-0.2, -0.15) is 0 Å². The van der Waals surface area contributed by atoms with Crippen molar-refractivity contribution in [2.45, 2.75) is 12.5 Å². The quantitative estimate of drug-likeness (QED) is 0.767. The fourth-order valence-electron chi connectivity index (χ4n) is 2.68. The molecule has 0 N–H and O–H groups in total. The maximum absolute atomic E-state index is 6.11. The molecule has 2 aromatic rings. The first-order valence-corrected chi connectivity index (χ1v) is 8.03. The standard InChI is InChI=1S/C18H17Cl2NO2/c1-18(11-23-10-17(21-18)22-2)14-5-3-4-12(6-14)13-7-15(19)9-16(20)8-13/h3-9H,10-11H2,1-2H3. The van der Waals surface area contributed by atoms with Gasteiger partial charge in [0.25, 0.3) is 0 Å². The maximum atomic E-state index is 6.11. The number of aliphatic imine (C=N–C) groups is 1. The van der Waals surface area contributed by atoms with E-state index in [9.17, 15) is 0 Å². The molecule has 0 aliphatic carbocycles. The molecule has 1 unspecified atom stereocenters. The summed E-state index contributed by atoms with van der Waals surface area (Å²) in [4.78, 5) is 4.69. The van der Waals surface area contributed by atoms with Crippen LogP contribution in [0.15, 0.2) is 47.5 Å². The third kappa shape index (κ3) is 3.52. The van der Waals surface area contributed by atoms with Gasteiger partial charge in [0, 0.05) is 10.0 Å². The lowest BCUT2D eigenvalue weighted by atomic mass is 9.90. The summed E-state index contributed by atoms with van der Waals surface area (Å²) in [7, 11) is 1.61. The third-order valence-corrected chi connectivity index (χ3v) is 4.33. The van der Waals surface area contributed by atoms with Crippen LogP contribution >= 0.6 is 23.2 Å². The van der Waals surface area contributed by atoms with E-state index in [4.69, 9.17) is 32.7 Å². The van der Waals surface area contributed by atoms with Crippen LogP contribution in [-0.2, 0) is 15.0 Å². The van der Waals surface area contributed by atoms with Crippen LogP contribution in [0.1, 0.15) is 12.5 Å². The summed E-state index contributed by atoms with van der Waals surface area (Å²) in [6.07, 6.45) is 0. The Morgan fingerprint density at radius 3 is 2.52 bits per heavy atom. The molecule has 5 heteroatoms. The number of hydrogen-bond donors (Lipinski definition) is 0. The highest BCUT2D eigenvalue weighted by atomic mass is 35.5. The minimum Gasteiger partial charge on any atom is -0.483 e. The van der Waals surface area contributed by atoms with Gasteiger partial charge in [-0.15, -0.1) is 0 Å². The summed E-state index contributed by atoms with van der Waals surface area (Å²) in [6.45, 7) is 2.96. The highest BCUT2D eigenvalue weighted by molar-refractivity contribution is 6.35. The van der Waals surface area contributed by atoms with E-state index in [-0.39, 0.29) is 0 Å². The van der Waals surface area contributed by atoms with E-state index in [1.54, 1.807) is 13.2 Å². The van der Waals surface area contributed by atoms with Crippen LogP contribution in [0.3, 0.4) is 0 Å². The first-order chi connectivity index (χ1) is 11.0. The van der Waals surface area contributed by atoms with Crippen molar-refractivity contribution in [1.82, 2.24) is 0 Å². The smallest absolute Gasteiger partial charge is 0.210 e. The Bertz CT molecular complexity index is 740. The molecule has 0 amide bonds. The zero-order chi connectivity index (χ0) is 16.4. The molecular formula is C18H17Cl2NO2. The number of hydrogen-bond acceptors (Lipinski definition) is 3. The minimum absolute atomic E-state index is 0.412. The van der Waals surface area contributed by atoms with Crippen molar-refractivity contribution >= 4 is 29.1 Å². The summed E-state index contributed by atoms with van der Waals surface area (Å²) in [5, 5.41) is 1.23. The predicted octanol–water partition coefficient (Wildman–Crippen LogP) is 4.95. The van der Waals surface area contributed by atoms with Gasteiger partial charge in [0.15, 0.2) is 0 Å². The molecule has 2 aromatic carbocycles. The van der Waals surface area contributed by atoms with Crippen LogP contribution in [0.25, 0.3) is 11.1 Å². The number of ether oxygens (including phenoxy) is 2. The molecule has 0 fully saturated rings. The lowest BCUT2D eigenvalue weighted by Gasteiger charge is -2.30. The largest absolute Gasteiger partial charge is 0.483 e. The van der Waals surface area contributed by atoms with E-state index in [0.717, 1.165) is 16.7 Å².